The number of hydrogen-bond donors (Lipinski definition) is 0. The molecule has 4 nitrogen and oxygen atoms in total. The molecule has 1 aliphatic rings. The van der Waals surface area contributed by atoms with E-state index in [1.54, 1.807) is 12.1 Å². The normalized spacial score (nSPS) is 14.0. The van der Waals surface area contributed by atoms with Crippen molar-refractivity contribution in [2.75, 3.05) is 13.2 Å². The van der Waals surface area contributed by atoms with Crippen LogP contribution < -0.4 is 0 Å². The van der Waals surface area contributed by atoms with Crippen molar-refractivity contribution in [1.82, 2.24) is 9.59 Å². The van der Waals surface area contributed by atoms with Gasteiger partial charge >= 0.3 is 0 Å². The molecule has 0 amide bonds. The van der Waals surface area contributed by atoms with Crippen molar-refractivity contribution < 1.29 is 13.9 Å². The molecule has 0 bridgehead atoms. The molecule has 0 atom stereocenters. The maximum absolute atomic E-state index is 15.1. The second kappa shape index (κ2) is 7.91. The molecule has 1 saturated carbocycles. The van der Waals surface area contributed by atoms with Crippen LogP contribution in [0.3, 0.4) is 0 Å². The van der Waals surface area contributed by atoms with Crippen LogP contribution in [0, 0.1) is 11.7 Å². The summed E-state index contributed by atoms with van der Waals surface area (Å²) in [5.41, 5.74) is 1.49. The molecule has 0 unspecified atom stereocenters. The molecule has 0 aliphatic heterocycles. The highest BCUT2D eigenvalue weighted by atomic mass is 79.9. The quantitative estimate of drug-likeness (QED) is 0.432. The van der Waals surface area contributed by atoms with Crippen molar-refractivity contribution >= 4 is 55.1 Å². The number of benzene rings is 2. The third-order valence-electron chi connectivity index (χ3n) is 4.55. The Hall–Kier alpha value is -1.41. The van der Waals surface area contributed by atoms with Gasteiger partial charge in [0.15, 0.2) is 11.6 Å². The number of hydrogen-bond acceptors (Lipinski definition) is 5. The summed E-state index contributed by atoms with van der Waals surface area (Å²) in [6, 6.07) is 7.06. The van der Waals surface area contributed by atoms with Gasteiger partial charge in [-0.15, -0.1) is 5.10 Å². The predicted octanol–water partition coefficient (Wildman–Crippen LogP) is 5.45. The van der Waals surface area contributed by atoms with E-state index < -0.39 is 5.82 Å². The zero-order valence-corrected chi connectivity index (χ0v) is 17.3. The third-order valence-corrected chi connectivity index (χ3v) is 6.07. The lowest BCUT2D eigenvalue weighted by Gasteiger charge is -2.12. The van der Waals surface area contributed by atoms with E-state index in [9.17, 15) is 4.79 Å². The van der Waals surface area contributed by atoms with Crippen LogP contribution >= 0.6 is 39.1 Å². The lowest BCUT2D eigenvalue weighted by atomic mass is 9.96. The van der Waals surface area contributed by atoms with E-state index in [-0.39, 0.29) is 29.9 Å². The van der Waals surface area contributed by atoms with Crippen LogP contribution in [0.5, 0.6) is 0 Å². The number of ketones is 1. The number of rotatable bonds is 7. The number of aromatic nitrogens is 2. The molecular weight excluding hydrogens is 455 g/mol. The molecule has 2 aromatic carbocycles. The first-order valence-electron chi connectivity index (χ1n) is 8.51. The van der Waals surface area contributed by atoms with E-state index in [4.69, 9.17) is 16.3 Å². The Morgan fingerprint density at radius 3 is 2.93 bits per heavy atom. The second-order valence-corrected chi connectivity index (χ2v) is 8.74. The number of ether oxygens (including phenoxy) is 1. The van der Waals surface area contributed by atoms with Gasteiger partial charge < -0.3 is 4.74 Å². The second-order valence-electron chi connectivity index (χ2n) is 6.63. The Morgan fingerprint density at radius 2 is 2.19 bits per heavy atom. The van der Waals surface area contributed by atoms with Crippen molar-refractivity contribution in [1.29, 1.82) is 0 Å². The van der Waals surface area contributed by atoms with E-state index >= 15 is 4.39 Å². The van der Waals surface area contributed by atoms with Crippen molar-refractivity contribution in [2.45, 2.75) is 19.3 Å². The molecule has 0 N–H and O–H groups in total. The van der Waals surface area contributed by atoms with Gasteiger partial charge in [-0.2, -0.15) is 0 Å². The highest BCUT2D eigenvalue weighted by molar-refractivity contribution is 9.10. The van der Waals surface area contributed by atoms with Crippen LogP contribution in [-0.2, 0) is 11.2 Å². The zero-order valence-electron chi connectivity index (χ0n) is 14.2. The summed E-state index contributed by atoms with van der Waals surface area (Å²) in [4.78, 5) is 12.7. The Labute approximate surface area is 173 Å². The van der Waals surface area contributed by atoms with Crippen LogP contribution in [-0.4, -0.2) is 28.6 Å². The molecule has 8 heteroatoms. The maximum atomic E-state index is 15.1. The lowest BCUT2D eigenvalue weighted by Crippen LogP contribution is -2.14. The van der Waals surface area contributed by atoms with Crippen LogP contribution in [0.4, 0.5) is 4.39 Å². The van der Waals surface area contributed by atoms with Crippen molar-refractivity contribution in [3.63, 3.8) is 0 Å². The minimum Gasteiger partial charge on any atom is -0.373 e. The predicted molar refractivity (Wildman–Crippen MR) is 107 cm³/mol. The smallest absolute Gasteiger partial charge is 0.188 e. The van der Waals surface area contributed by atoms with Gasteiger partial charge in [0.2, 0.25) is 0 Å². The maximum Gasteiger partial charge on any atom is 0.188 e. The summed E-state index contributed by atoms with van der Waals surface area (Å²) in [5, 5.41) is 4.37. The molecule has 27 heavy (non-hydrogen) atoms. The molecule has 140 valence electrons. The van der Waals surface area contributed by atoms with Gasteiger partial charge in [0.25, 0.3) is 0 Å². The van der Waals surface area contributed by atoms with Crippen molar-refractivity contribution in [2.24, 2.45) is 5.92 Å². The number of carbonyl (C=O) groups is 1. The standard InChI is InChI=1S/C19H15BrClFN2O2S/c20-12-4-3-11(15(21)6-12)5-14-13(16(25)9-26-8-10-1-2-10)7-17-19(18(14)22)23-24-27-17/h3-4,6-7,10H,1-2,5,8-9H2. The fourth-order valence-electron chi connectivity index (χ4n) is 2.88. The van der Waals surface area contributed by atoms with Gasteiger partial charge in [-0.3, -0.25) is 4.79 Å². The zero-order chi connectivity index (χ0) is 19.0. The number of carbonyl (C=O) groups excluding carboxylic acids is 1. The Bertz CT molecular complexity index is 1020. The highest BCUT2D eigenvalue weighted by Gasteiger charge is 2.24. The number of Topliss-reactive ketones (excluding diaryl/α,β-unsaturated/α-hetero) is 1. The first kappa shape index (κ1) is 18.9. The minimum absolute atomic E-state index is 0.0608. The number of nitrogens with zero attached hydrogens (tertiary/aromatic N) is 2. The molecular formula is C19H15BrClFN2O2S. The van der Waals surface area contributed by atoms with Gasteiger partial charge in [-0.25, -0.2) is 4.39 Å². The topological polar surface area (TPSA) is 52.1 Å². The molecule has 1 aromatic heterocycles. The fraction of sp³-hybridized carbons (Fsp3) is 0.316. The van der Waals surface area contributed by atoms with Gasteiger partial charge in [0, 0.05) is 27.0 Å². The van der Waals surface area contributed by atoms with Crippen LogP contribution in [0.1, 0.15) is 34.3 Å². The van der Waals surface area contributed by atoms with Crippen LogP contribution in [0.25, 0.3) is 10.2 Å². The molecule has 1 aliphatic carbocycles. The summed E-state index contributed by atoms with van der Waals surface area (Å²) in [5.74, 6) is -0.206. The molecule has 4 rings (SSSR count). The van der Waals surface area contributed by atoms with Crippen molar-refractivity contribution in [3.8, 4) is 0 Å². The first-order valence-corrected chi connectivity index (χ1v) is 10.5. The molecule has 3 aromatic rings. The summed E-state index contributed by atoms with van der Waals surface area (Å²) in [7, 11) is 0. The molecule has 1 heterocycles. The first-order chi connectivity index (χ1) is 13.0. The third kappa shape index (κ3) is 4.21. The van der Waals surface area contributed by atoms with Gasteiger partial charge in [-0.1, -0.05) is 38.1 Å². The van der Waals surface area contributed by atoms with E-state index in [0.717, 1.165) is 34.4 Å². The van der Waals surface area contributed by atoms with Crippen LogP contribution in [0.2, 0.25) is 5.02 Å². The van der Waals surface area contributed by atoms with Gasteiger partial charge in [0.1, 0.15) is 12.1 Å². The largest absolute Gasteiger partial charge is 0.373 e. The van der Waals surface area contributed by atoms with E-state index in [0.29, 0.717) is 27.8 Å². The highest BCUT2D eigenvalue weighted by Crippen LogP contribution is 2.31. The molecule has 0 saturated heterocycles. The Kier molecular flexibility index (Phi) is 5.55. The summed E-state index contributed by atoms with van der Waals surface area (Å²) >= 11 is 10.7. The summed E-state index contributed by atoms with van der Waals surface area (Å²) in [6.07, 6.45) is 2.48. The van der Waals surface area contributed by atoms with E-state index in [1.165, 1.54) is 0 Å². The van der Waals surface area contributed by atoms with Crippen LogP contribution in [0.15, 0.2) is 28.7 Å². The monoisotopic (exact) mass is 468 g/mol. The van der Waals surface area contributed by atoms with E-state index in [2.05, 4.69) is 25.5 Å². The van der Waals surface area contributed by atoms with E-state index in [1.807, 2.05) is 12.1 Å². The molecule has 0 radical (unpaired) electrons. The number of fused-ring (bicyclic) bond motifs is 1. The Morgan fingerprint density at radius 1 is 1.37 bits per heavy atom. The SMILES string of the molecule is O=C(COCC1CC1)c1cc2snnc2c(F)c1Cc1ccc(Br)cc1Cl. The van der Waals surface area contributed by atoms with Crippen molar-refractivity contribution in [3.05, 3.63) is 56.3 Å². The van der Waals surface area contributed by atoms with Gasteiger partial charge in [0.05, 0.1) is 11.3 Å². The summed E-state index contributed by atoms with van der Waals surface area (Å²) in [6.45, 7) is 0.515. The Balaban J connectivity index is 1.69. The lowest BCUT2D eigenvalue weighted by molar-refractivity contribution is 0.0739. The summed E-state index contributed by atoms with van der Waals surface area (Å²) < 4.78 is 25.8. The van der Waals surface area contributed by atoms with Gasteiger partial charge in [-0.05, 0) is 54.1 Å². The number of halogens is 3. The molecule has 1 fully saturated rings. The average Bonchev–Trinajstić information content (AvgIpc) is 3.33. The average molecular weight is 470 g/mol. The fourth-order valence-corrected chi connectivity index (χ4v) is 4.22. The molecule has 0 spiro atoms. The minimum atomic E-state index is -0.522.